The molecule has 0 aliphatic rings. The number of aliphatic imine (C=N–C) groups is 1. The predicted octanol–water partition coefficient (Wildman–Crippen LogP) is 2.05. The Balaban J connectivity index is 0.000000921. The van der Waals surface area contributed by atoms with Gasteiger partial charge in [0.2, 0.25) is 0 Å². The first-order valence-electron chi connectivity index (χ1n) is 5.35. The summed E-state index contributed by atoms with van der Waals surface area (Å²) in [6, 6.07) is 8.28. The maximum absolute atomic E-state index is 5.22. The molecule has 0 atom stereocenters. The minimum absolute atomic E-state index is 0.138. The van der Waals surface area contributed by atoms with E-state index in [9.17, 15) is 0 Å². The lowest BCUT2D eigenvalue weighted by atomic mass is 10.1. The van der Waals surface area contributed by atoms with Crippen LogP contribution in [-0.4, -0.2) is 5.96 Å². The van der Waals surface area contributed by atoms with Crippen LogP contribution in [0.1, 0.15) is 31.9 Å². The largest absolute Gasteiger partial charge is 0.370 e. The monoisotopic (exact) mass is 207 g/mol. The van der Waals surface area contributed by atoms with Gasteiger partial charge in [0.05, 0.1) is 6.54 Å². The highest BCUT2D eigenvalue weighted by atomic mass is 15.0. The fraction of sp³-hybridized carbons (Fsp3) is 0.417. The zero-order valence-electron chi connectivity index (χ0n) is 9.83. The van der Waals surface area contributed by atoms with Crippen LogP contribution in [0.15, 0.2) is 29.3 Å². The van der Waals surface area contributed by atoms with Gasteiger partial charge in [-0.1, -0.05) is 45.0 Å². The summed E-state index contributed by atoms with van der Waals surface area (Å²) in [6.45, 7) is 6.69. The quantitative estimate of drug-likeness (QED) is 0.588. The van der Waals surface area contributed by atoms with Gasteiger partial charge >= 0.3 is 0 Å². The van der Waals surface area contributed by atoms with Crippen LogP contribution in [0.2, 0.25) is 0 Å². The van der Waals surface area contributed by atoms with Gasteiger partial charge in [0.15, 0.2) is 5.96 Å². The van der Waals surface area contributed by atoms with E-state index in [0.29, 0.717) is 6.54 Å². The summed E-state index contributed by atoms with van der Waals surface area (Å²) in [6.07, 6.45) is 1.06. The van der Waals surface area contributed by atoms with E-state index in [4.69, 9.17) is 11.5 Å². The molecule has 3 heteroatoms. The third-order valence-corrected chi connectivity index (χ3v) is 1.88. The number of nitrogens with two attached hydrogens (primary N) is 2. The molecule has 1 aromatic carbocycles. The number of rotatable bonds is 3. The number of guanidine groups is 1. The van der Waals surface area contributed by atoms with Crippen LogP contribution in [0.25, 0.3) is 0 Å². The van der Waals surface area contributed by atoms with Crippen LogP contribution in [-0.2, 0) is 13.0 Å². The van der Waals surface area contributed by atoms with E-state index in [-0.39, 0.29) is 5.96 Å². The highest BCUT2D eigenvalue weighted by Crippen LogP contribution is 2.05. The van der Waals surface area contributed by atoms with E-state index in [1.54, 1.807) is 0 Å². The van der Waals surface area contributed by atoms with E-state index in [2.05, 4.69) is 24.0 Å². The Morgan fingerprint density at radius 3 is 1.93 bits per heavy atom. The van der Waals surface area contributed by atoms with Gasteiger partial charge in [-0.15, -0.1) is 0 Å². The molecule has 0 aliphatic carbocycles. The Bertz CT molecular complexity index is 284. The molecule has 0 saturated heterocycles. The zero-order chi connectivity index (χ0) is 11.7. The van der Waals surface area contributed by atoms with E-state index in [1.807, 2.05) is 26.0 Å². The van der Waals surface area contributed by atoms with Gasteiger partial charge in [0.25, 0.3) is 0 Å². The molecule has 0 bridgehead atoms. The molecule has 0 aliphatic heterocycles. The molecule has 15 heavy (non-hydrogen) atoms. The Hall–Kier alpha value is -1.51. The molecule has 0 amide bonds. The smallest absolute Gasteiger partial charge is 0.186 e. The molecule has 1 rings (SSSR count). The molecule has 0 aromatic heterocycles. The van der Waals surface area contributed by atoms with Crippen molar-refractivity contribution in [3.63, 3.8) is 0 Å². The minimum Gasteiger partial charge on any atom is -0.370 e. The van der Waals surface area contributed by atoms with Crippen molar-refractivity contribution in [3.8, 4) is 0 Å². The standard InChI is InChI=1S/C10H15N3.C2H6/c1-2-8-3-5-9(6-4-8)7-13-10(11)12;1-2/h3-6H,2,7H2,1H3,(H4,11,12,13);1-2H3. The Kier molecular flexibility index (Phi) is 7.06. The maximum Gasteiger partial charge on any atom is 0.186 e. The second kappa shape index (κ2) is 7.85. The molecular weight excluding hydrogens is 186 g/mol. The summed E-state index contributed by atoms with van der Waals surface area (Å²) in [4.78, 5) is 3.92. The predicted molar refractivity (Wildman–Crippen MR) is 66.7 cm³/mol. The minimum atomic E-state index is 0.138. The second-order valence-electron chi connectivity index (χ2n) is 2.91. The van der Waals surface area contributed by atoms with Gasteiger partial charge in [-0.3, -0.25) is 0 Å². The number of hydrogen-bond donors (Lipinski definition) is 2. The van der Waals surface area contributed by atoms with Crippen LogP contribution in [0.5, 0.6) is 0 Å². The van der Waals surface area contributed by atoms with Crippen LogP contribution in [0.4, 0.5) is 0 Å². The first kappa shape index (κ1) is 13.5. The summed E-state index contributed by atoms with van der Waals surface area (Å²) in [5, 5.41) is 0. The first-order valence-corrected chi connectivity index (χ1v) is 5.35. The molecule has 1 aromatic rings. The molecule has 0 spiro atoms. The summed E-state index contributed by atoms with van der Waals surface area (Å²) in [5.41, 5.74) is 12.9. The van der Waals surface area contributed by atoms with Crippen LogP contribution in [0, 0.1) is 0 Å². The Labute approximate surface area is 92.2 Å². The fourth-order valence-corrected chi connectivity index (χ4v) is 1.06. The van der Waals surface area contributed by atoms with Crippen molar-refractivity contribution in [1.82, 2.24) is 0 Å². The van der Waals surface area contributed by atoms with Crippen molar-refractivity contribution >= 4 is 5.96 Å². The van der Waals surface area contributed by atoms with Gasteiger partial charge in [-0.25, -0.2) is 4.99 Å². The van der Waals surface area contributed by atoms with Gasteiger partial charge in [-0.05, 0) is 17.5 Å². The maximum atomic E-state index is 5.22. The second-order valence-corrected chi connectivity index (χ2v) is 2.91. The van der Waals surface area contributed by atoms with Crippen molar-refractivity contribution in [1.29, 1.82) is 0 Å². The SMILES string of the molecule is CC.CCc1ccc(CN=C(N)N)cc1. The number of aryl methyl sites for hydroxylation is 1. The molecule has 3 nitrogen and oxygen atoms in total. The van der Waals surface area contributed by atoms with Crippen molar-refractivity contribution in [2.24, 2.45) is 16.5 Å². The third kappa shape index (κ3) is 5.73. The Morgan fingerprint density at radius 1 is 1.07 bits per heavy atom. The number of nitrogens with zero attached hydrogens (tertiary/aromatic N) is 1. The molecule has 0 heterocycles. The van der Waals surface area contributed by atoms with Crippen molar-refractivity contribution in [2.45, 2.75) is 33.7 Å². The lowest BCUT2D eigenvalue weighted by molar-refractivity contribution is 1.04. The van der Waals surface area contributed by atoms with Gasteiger partial charge in [0.1, 0.15) is 0 Å². The molecule has 0 radical (unpaired) electrons. The Morgan fingerprint density at radius 2 is 1.53 bits per heavy atom. The van der Waals surface area contributed by atoms with E-state index in [1.165, 1.54) is 5.56 Å². The van der Waals surface area contributed by atoms with Crippen LogP contribution < -0.4 is 11.5 Å². The lowest BCUT2D eigenvalue weighted by Crippen LogP contribution is -2.22. The van der Waals surface area contributed by atoms with Crippen molar-refractivity contribution < 1.29 is 0 Å². The molecule has 84 valence electrons. The van der Waals surface area contributed by atoms with E-state index < -0.39 is 0 Å². The molecule has 4 N–H and O–H groups in total. The summed E-state index contributed by atoms with van der Waals surface area (Å²) < 4.78 is 0. The van der Waals surface area contributed by atoms with Gasteiger partial charge < -0.3 is 11.5 Å². The third-order valence-electron chi connectivity index (χ3n) is 1.88. The van der Waals surface area contributed by atoms with Crippen LogP contribution in [0.3, 0.4) is 0 Å². The zero-order valence-corrected chi connectivity index (χ0v) is 9.83. The lowest BCUT2D eigenvalue weighted by Gasteiger charge is -1.99. The normalized spacial score (nSPS) is 8.73. The molecule has 0 unspecified atom stereocenters. The van der Waals surface area contributed by atoms with Crippen LogP contribution >= 0.6 is 0 Å². The molecule has 0 saturated carbocycles. The van der Waals surface area contributed by atoms with Gasteiger partial charge in [-0.2, -0.15) is 0 Å². The highest BCUT2D eigenvalue weighted by Gasteiger charge is 1.91. The first-order chi connectivity index (χ1) is 7.22. The summed E-state index contributed by atoms with van der Waals surface area (Å²) in [7, 11) is 0. The average Bonchev–Trinajstić information content (AvgIpc) is 2.30. The molecular formula is C12H21N3. The average molecular weight is 207 g/mol. The molecule has 0 fully saturated rings. The summed E-state index contributed by atoms with van der Waals surface area (Å²) in [5.74, 6) is 0.138. The fourth-order valence-electron chi connectivity index (χ4n) is 1.06. The summed E-state index contributed by atoms with van der Waals surface area (Å²) >= 11 is 0. The highest BCUT2D eigenvalue weighted by molar-refractivity contribution is 5.75. The van der Waals surface area contributed by atoms with Crippen molar-refractivity contribution in [2.75, 3.05) is 0 Å². The number of benzene rings is 1. The van der Waals surface area contributed by atoms with Crippen molar-refractivity contribution in [3.05, 3.63) is 35.4 Å². The topological polar surface area (TPSA) is 64.4 Å². The van der Waals surface area contributed by atoms with E-state index in [0.717, 1.165) is 12.0 Å². The number of hydrogen-bond acceptors (Lipinski definition) is 1. The van der Waals surface area contributed by atoms with Gasteiger partial charge in [0, 0.05) is 0 Å². The van der Waals surface area contributed by atoms with E-state index >= 15 is 0 Å².